The largest absolute Gasteiger partial charge is 0.467 e. The fraction of sp³-hybridized carbons (Fsp3) is 0.818. The van der Waals surface area contributed by atoms with Gasteiger partial charge in [0, 0.05) is 12.8 Å². The number of carbonyl (C=O) groups excluding carboxylic acids is 2. The third kappa shape index (κ3) is 3.33. The summed E-state index contributed by atoms with van der Waals surface area (Å²) in [6, 6.07) is 0. The number of unbranched alkanes of at least 4 members (excludes halogenated alkanes) is 1. The molecule has 6 nitrogen and oxygen atoms in total. The molecule has 2 N–H and O–H groups in total. The maximum absolute atomic E-state index is 11.5. The lowest BCUT2D eigenvalue weighted by Gasteiger charge is -2.42. The highest BCUT2D eigenvalue weighted by atomic mass is 16.6. The van der Waals surface area contributed by atoms with Crippen molar-refractivity contribution in [3.05, 3.63) is 0 Å². The van der Waals surface area contributed by atoms with Gasteiger partial charge in [-0.25, -0.2) is 9.59 Å². The zero-order chi connectivity index (χ0) is 12.9. The quantitative estimate of drug-likeness (QED) is 0.546. The van der Waals surface area contributed by atoms with Gasteiger partial charge < -0.3 is 19.9 Å². The van der Waals surface area contributed by atoms with Crippen molar-refractivity contribution in [2.24, 2.45) is 0 Å². The van der Waals surface area contributed by atoms with Crippen LogP contribution in [0.1, 0.15) is 32.6 Å². The Morgan fingerprint density at radius 2 is 2.12 bits per heavy atom. The summed E-state index contributed by atoms with van der Waals surface area (Å²) in [5, 5.41) is 11.7. The van der Waals surface area contributed by atoms with Crippen LogP contribution in [0.3, 0.4) is 0 Å². The number of rotatable bonds is 5. The zero-order valence-electron chi connectivity index (χ0n) is 10.2. The number of nitrogens with one attached hydrogen (secondary N) is 1. The molecule has 0 bridgehead atoms. The van der Waals surface area contributed by atoms with Crippen molar-refractivity contribution >= 4 is 12.1 Å². The monoisotopic (exact) mass is 245 g/mol. The minimum Gasteiger partial charge on any atom is -0.467 e. The van der Waals surface area contributed by atoms with Gasteiger partial charge in [-0.2, -0.15) is 0 Å². The average molecular weight is 245 g/mol. The van der Waals surface area contributed by atoms with E-state index in [4.69, 9.17) is 4.74 Å². The lowest BCUT2D eigenvalue weighted by atomic mass is 9.74. The van der Waals surface area contributed by atoms with Gasteiger partial charge in [0.05, 0.1) is 19.8 Å². The summed E-state index contributed by atoms with van der Waals surface area (Å²) in [7, 11) is 1.25. The lowest BCUT2D eigenvalue weighted by Crippen LogP contribution is -2.64. The minimum atomic E-state index is -1.11. The summed E-state index contributed by atoms with van der Waals surface area (Å²) in [6.07, 6.45) is 0.821. The van der Waals surface area contributed by atoms with Gasteiger partial charge in [0.15, 0.2) is 0 Å². The first-order valence-electron chi connectivity index (χ1n) is 5.75. The molecule has 1 saturated carbocycles. The fourth-order valence-corrected chi connectivity index (χ4v) is 1.80. The number of alkyl carbamates (subject to hydrolysis) is 1. The highest BCUT2D eigenvalue weighted by Gasteiger charge is 2.52. The van der Waals surface area contributed by atoms with E-state index in [9.17, 15) is 14.7 Å². The Morgan fingerprint density at radius 3 is 2.59 bits per heavy atom. The van der Waals surface area contributed by atoms with Gasteiger partial charge in [0.1, 0.15) is 5.54 Å². The second-order valence-corrected chi connectivity index (χ2v) is 4.25. The van der Waals surface area contributed by atoms with Crippen LogP contribution in [0.5, 0.6) is 0 Å². The van der Waals surface area contributed by atoms with Crippen LogP contribution in [0, 0.1) is 0 Å². The van der Waals surface area contributed by atoms with Crippen molar-refractivity contribution in [1.82, 2.24) is 5.32 Å². The highest BCUT2D eigenvalue weighted by molar-refractivity contribution is 5.87. The van der Waals surface area contributed by atoms with Crippen molar-refractivity contribution in [2.75, 3.05) is 13.7 Å². The van der Waals surface area contributed by atoms with Crippen LogP contribution in [-0.2, 0) is 14.3 Å². The van der Waals surface area contributed by atoms with Gasteiger partial charge in [-0.05, 0) is 6.42 Å². The minimum absolute atomic E-state index is 0.169. The molecule has 1 rings (SSSR count). The van der Waals surface area contributed by atoms with Crippen LogP contribution in [0.2, 0.25) is 0 Å². The van der Waals surface area contributed by atoms with Gasteiger partial charge in [-0.1, -0.05) is 13.3 Å². The first-order valence-corrected chi connectivity index (χ1v) is 5.75. The Labute approximate surface area is 100 Å². The molecule has 1 aliphatic rings. The van der Waals surface area contributed by atoms with Crippen LogP contribution in [0.4, 0.5) is 4.79 Å². The normalized spacial score (nSPS) is 26.9. The number of hydrogen-bond acceptors (Lipinski definition) is 5. The second kappa shape index (κ2) is 5.86. The Bertz CT molecular complexity index is 286. The topological polar surface area (TPSA) is 84.9 Å². The molecule has 0 aromatic rings. The van der Waals surface area contributed by atoms with E-state index in [1.54, 1.807) is 0 Å². The highest BCUT2D eigenvalue weighted by Crippen LogP contribution is 2.33. The van der Waals surface area contributed by atoms with Crippen molar-refractivity contribution in [3.8, 4) is 0 Å². The maximum atomic E-state index is 11.5. The Hall–Kier alpha value is -1.30. The van der Waals surface area contributed by atoms with Crippen LogP contribution >= 0.6 is 0 Å². The molecule has 0 aromatic heterocycles. The first kappa shape index (κ1) is 13.8. The van der Waals surface area contributed by atoms with Gasteiger partial charge in [0.25, 0.3) is 0 Å². The van der Waals surface area contributed by atoms with E-state index in [2.05, 4.69) is 10.1 Å². The van der Waals surface area contributed by atoms with E-state index in [0.717, 1.165) is 12.8 Å². The number of carbonyl (C=O) groups is 2. The molecule has 0 heterocycles. The third-order valence-electron chi connectivity index (χ3n) is 2.82. The smallest absolute Gasteiger partial charge is 0.408 e. The molecule has 0 unspecified atom stereocenters. The number of aliphatic hydroxyl groups excluding tert-OH is 1. The number of amides is 1. The molecule has 1 fully saturated rings. The average Bonchev–Trinajstić information content (AvgIpc) is 2.25. The van der Waals surface area contributed by atoms with Crippen LogP contribution in [0.15, 0.2) is 0 Å². The molecule has 0 aromatic carbocycles. The van der Waals surface area contributed by atoms with Crippen LogP contribution in [0.25, 0.3) is 0 Å². The molecule has 17 heavy (non-hydrogen) atoms. The number of hydrogen-bond donors (Lipinski definition) is 2. The summed E-state index contributed by atoms with van der Waals surface area (Å²) in [4.78, 5) is 23.0. The van der Waals surface area contributed by atoms with E-state index in [-0.39, 0.29) is 12.8 Å². The van der Waals surface area contributed by atoms with E-state index in [1.807, 2.05) is 6.92 Å². The fourth-order valence-electron chi connectivity index (χ4n) is 1.80. The summed E-state index contributed by atoms with van der Waals surface area (Å²) in [5.74, 6) is -0.546. The molecule has 0 atom stereocenters. The van der Waals surface area contributed by atoms with Gasteiger partial charge in [-0.3, -0.25) is 0 Å². The molecule has 6 heteroatoms. The second-order valence-electron chi connectivity index (χ2n) is 4.25. The summed E-state index contributed by atoms with van der Waals surface area (Å²) in [6.45, 7) is 2.31. The first-order chi connectivity index (χ1) is 8.04. The molecular formula is C11H19NO5. The molecule has 0 saturated heterocycles. The zero-order valence-corrected chi connectivity index (χ0v) is 10.2. The predicted molar refractivity (Wildman–Crippen MR) is 59.4 cm³/mol. The third-order valence-corrected chi connectivity index (χ3v) is 2.82. The standard InChI is InChI=1S/C11H19NO5/c1-3-4-5-17-10(15)12-11(9(14)16-2)6-8(13)7-11/h8,13H,3-7H2,1-2H3,(H,12,15). The lowest BCUT2D eigenvalue weighted by molar-refractivity contribution is -0.158. The van der Waals surface area contributed by atoms with Crippen molar-refractivity contribution in [3.63, 3.8) is 0 Å². The Kier molecular flexibility index (Phi) is 4.74. The molecule has 0 spiro atoms. The van der Waals surface area contributed by atoms with Crippen molar-refractivity contribution in [2.45, 2.75) is 44.2 Å². The van der Waals surface area contributed by atoms with Crippen molar-refractivity contribution in [1.29, 1.82) is 0 Å². The van der Waals surface area contributed by atoms with E-state index in [0.29, 0.717) is 6.61 Å². The van der Waals surface area contributed by atoms with Crippen LogP contribution in [-0.4, -0.2) is 42.5 Å². The molecule has 0 radical (unpaired) electrons. The van der Waals surface area contributed by atoms with Gasteiger partial charge in [-0.15, -0.1) is 0 Å². The number of aliphatic hydroxyl groups is 1. The Balaban J connectivity index is 2.45. The summed E-state index contributed by atoms with van der Waals surface area (Å²) in [5.41, 5.74) is -1.11. The Morgan fingerprint density at radius 1 is 1.47 bits per heavy atom. The van der Waals surface area contributed by atoms with E-state index in [1.165, 1.54) is 7.11 Å². The predicted octanol–water partition coefficient (Wildman–Crippen LogP) is 0.579. The summed E-state index contributed by atoms with van der Waals surface area (Å²) >= 11 is 0. The molecule has 1 aliphatic carbocycles. The van der Waals surface area contributed by atoms with E-state index < -0.39 is 23.7 Å². The molecule has 0 aliphatic heterocycles. The van der Waals surface area contributed by atoms with Crippen molar-refractivity contribution < 1.29 is 24.2 Å². The molecule has 98 valence electrons. The SMILES string of the molecule is CCCCOC(=O)NC1(C(=O)OC)CC(O)C1. The van der Waals surface area contributed by atoms with Gasteiger partial charge >= 0.3 is 12.1 Å². The number of esters is 1. The maximum Gasteiger partial charge on any atom is 0.408 e. The summed E-state index contributed by atoms with van der Waals surface area (Å²) < 4.78 is 9.52. The number of ether oxygens (including phenoxy) is 2. The molecule has 1 amide bonds. The number of methoxy groups -OCH3 is 1. The molecular weight excluding hydrogens is 226 g/mol. The van der Waals surface area contributed by atoms with E-state index >= 15 is 0 Å². The van der Waals surface area contributed by atoms with Crippen LogP contribution < -0.4 is 5.32 Å². The van der Waals surface area contributed by atoms with Gasteiger partial charge in [0.2, 0.25) is 0 Å².